The number of benzene rings is 2. The number of aromatic nitrogens is 2. The number of piperazine rings is 1. The van der Waals surface area contributed by atoms with Crippen LogP contribution in [0.25, 0.3) is 11.4 Å². The van der Waals surface area contributed by atoms with Gasteiger partial charge in [-0.2, -0.15) is 4.98 Å². The monoisotopic (exact) mass is 426 g/mol. The van der Waals surface area contributed by atoms with Crippen molar-refractivity contribution in [2.75, 3.05) is 18.0 Å². The van der Waals surface area contributed by atoms with Gasteiger partial charge in [-0.15, -0.1) is 0 Å². The summed E-state index contributed by atoms with van der Waals surface area (Å²) in [5, 5.41) is 3.96. The van der Waals surface area contributed by atoms with E-state index in [1.165, 1.54) is 9.80 Å². The topological polar surface area (TPSA) is 79.5 Å². The smallest absolute Gasteiger partial charge is 0.316 e. The number of hydrogen-bond donors (Lipinski definition) is 0. The highest BCUT2D eigenvalue weighted by atomic mass is 79.9. The summed E-state index contributed by atoms with van der Waals surface area (Å²) in [7, 11) is 0. The molecule has 1 fully saturated rings. The van der Waals surface area contributed by atoms with E-state index < -0.39 is 11.8 Å². The summed E-state index contributed by atoms with van der Waals surface area (Å²) in [6.45, 7) is 0.920. The second kappa shape index (κ2) is 7.32. The predicted molar refractivity (Wildman–Crippen MR) is 102 cm³/mol. The van der Waals surface area contributed by atoms with Crippen LogP contribution in [0.15, 0.2) is 63.6 Å². The summed E-state index contributed by atoms with van der Waals surface area (Å²) in [6.07, 6.45) is 0. The highest BCUT2D eigenvalue weighted by molar-refractivity contribution is 9.10. The van der Waals surface area contributed by atoms with E-state index in [0.29, 0.717) is 30.5 Å². The van der Waals surface area contributed by atoms with Gasteiger partial charge >= 0.3 is 11.8 Å². The predicted octanol–water partition coefficient (Wildman–Crippen LogP) is 2.87. The number of nitrogens with zero attached hydrogens (tertiary/aromatic N) is 4. The summed E-state index contributed by atoms with van der Waals surface area (Å²) in [6, 6.07) is 16.7. The van der Waals surface area contributed by atoms with Gasteiger partial charge in [-0.25, -0.2) is 0 Å². The molecule has 0 spiro atoms. The van der Waals surface area contributed by atoms with E-state index in [1.807, 2.05) is 54.6 Å². The number of hydrogen-bond acceptors (Lipinski definition) is 5. The largest absolute Gasteiger partial charge is 0.337 e. The molecule has 2 heterocycles. The first kappa shape index (κ1) is 17.4. The Morgan fingerprint density at radius 3 is 2.59 bits per heavy atom. The van der Waals surface area contributed by atoms with Crippen molar-refractivity contribution in [3.05, 3.63) is 65.0 Å². The lowest BCUT2D eigenvalue weighted by Crippen LogP contribution is -2.54. The van der Waals surface area contributed by atoms with E-state index >= 15 is 0 Å². The van der Waals surface area contributed by atoms with E-state index in [2.05, 4.69) is 26.1 Å². The third-order valence-corrected chi connectivity index (χ3v) is 4.75. The number of carbonyl (C=O) groups excluding carboxylic acids is 2. The molecule has 4 rings (SSSR count). The Hall–Kier alpha value is -3.00. The van der Waals surface area contributed by atoms with Crippen molar-refractivity contribution < 1.29 is 14.1 Å². The van der Waals surface area contributed by atoms with Gasteiger partial charge in [-0.1, -0.05) is 51.4 Å². The Labute approximate surface area is 163 Å². The van der Waals surface area contributed by atoms with Crippen molar-refractivity contribution in [1.82, 2.24) is 15.0 Å². The quantitative estimate of drug-likeness (QED) is 0.599. The maximum Gasteiger partial charge on any atom is 0.316 e. The van der Waals surface area contributed by atoms with Gasteiger partial charge in [-0.3, -0.25) is 9.59 Å². The standard InChI is InChI=1S/C19H15BrN4O3/c20-14-6-4-5-13(11-14)17-21-16(27-22-17)12-23-9-10-24(19(26)18(23)25)15-7-2-1-3-8-15/h1-8,11H,9-10,12H2. The van der Waals surface area contributed by atoms with Crippen LogP contribution in [-0.2, 0) is 16.1 Å². The molecule has 1 aromatic heterocycles. The molecule has 1 saturated heterocycles. The summed E-state index contributed by atoms with van der Waals surface area (Å²) in [4.78, 5) is 32.2. The second-order valence-corrected chi connectivity index (χ2v) is 6.96. The molecule has 3 aromatic rings. The third kappa shape index (κ3) is 3.61. The summed E-state index contributed by atoms with van der Waals surface area (Å²) >= 11 is 3.40. The van der Waals surface area contributed by atoms with E-state index in [4.69, 9.17) is 4.52 Å². The highest BCUT2D eigenvalue weighted by Gasteiger charge is 2.34. The fraction of sp³-hybridized carbons (Fsp3) is 0.158. The molecule has 1 aliphatic rings. The first-order chi connectivity index (χ1) is 13.1. The Kier molecular flexibility index (Phi) is 4.72. The normalized spacial score (nSPS) is 14.7. The van der Waals surface area contributed by atoms with Crippen molar-refractivity contribution in [2.24, 2.45) is 0 Å². The van der Waals surface area contributed by atoms with Crippen LogP contribution in [0.5, 0.6) is 0 Å². The molecular weight excluding hydrogens is 412 g/mol. The third-order valence-electron chi connectivity index (χ3n) is 4.25. The lowest BCUT2D eigenvalue weighted by atomic mass is 10.2. The van der Waals surface area contributed by atoms with Crippen molar-refractivity contribution in [2.45, 2.75) is 6.54 Å². The molecule has 2 amide bonds. The summed E-state index contributed by atoms with van der Waals surface area (Å²) in [5.74, 6) is -0.404. The zero-order chi connectivity index (χ0) is 18.8. The Morgan fingerprint density at radius 1 is 1.00 bits per heavy atom. The lowest BCUT2D eigenvalue weighted by molar-refractivity contribution is -0.146. The number of amides is 2. The Bertz CT molecular complexity index is 989. The van der Waals surface area contributed by atoms with Crippen LogP contribution in [0, 0.1) is 0 Å². The molecular formula is C19H15BrN4O3. The molecule has 0 radical (unpaired) electrons. The van der Waals surface area contributed by atoms with E-state index in [-0.39, 0.29) is 6.54 Å². The minimum atomic E-state index is -0.577. The summed E-state index contributed by atoms with van der Waals surface area (Å²) < 4.78 is 6.17. The van der Waals surface area contributed by atoms with Crippen LogP contribution in [0.2, 0.25) is 0 Å². The van der Waals surface area contributed by atoms with E-state index in [1.54, 1.807) is 0 Å². The maximum absolute atomic E-state index is 12.5. The Balaban J connectivity index is 1.47. The molecule has 0 bridgehead atoms. The highest BCUT2D eigenvalue weighted by Crippen LogP contribution is 2.22. The molecule has 0 unspecified atom stereocenters. The zero-order valence-corrected chi connectivity index (χ0v) is 15.8. The van der Waals surface area contributed by atoms with Crippen LogP contribution >= 0.6 is 15.9 Å². The Morgan fingerprint density at radius 2 is 1.81 bits per heavy atom. The van der Waals surface area contributed by atoms with Gasteiger partial charge in [0.2, 0.25) is 11.7 Å². The van der Waals surface area contributed by atoms with Gasteiger partial charge in [0.05, 0.1) is 0 Å². The number of halogens is 1. The molecule has 7 nitrogen and oxygen atoms in total. The summed E-state index contributed by atoms with van der Waals surface area (Å²) in [5.41, 5.74) is 1.51. The van der Waals surface area contributed by atoms with Crippen LogP contribution in [0.4, 0.5) is 5.69 Å². The first-order valence-electron chi connectivity index (χ1n) is 8.36. The maximum atomic E-state index is 12.5. The van der Waals surface area contributed by atoms with Crippen LogP contribution in [0.1, 0.15) is 5.89 Å². The molecule has 0 aliphatic carbocycles. The fourth-order valence-corrected chi connectivity index (χ4v) is 3.31. The van der Waals surface area contributed by atoms with E-state index in [0.717, 1.165) is 10.0 Å². The van der Waals surface area contributed by atoms with Gasteiger partial charge in [0.15, 0.2) is 0 Å². The van der Waals surface area contributed by atoms with Gasteiger partial charge in [0, 0.05) is 28.8 Å². The second-order valence-electron chi connectivity index (χ2n) is 6.04. The first-order valence-corrected chi connectivity index (χ1v) is 9.15. The minimum Gasteiger partial charge on any atom is -0.337 e. The SMILES string of the molecule is O=C1C(=O)N(c2ccccc2)CCN1Cc1nc(-c2cccc(Br)c2)no1. The van der Waals surface area contributed by atoms with Gasteiger partial charge in [0.1, 0.15) is 6.54 Å². The molecule has 136 valence electrons. The average molecular weight is 427 g/mol. The van der Waals surface area contributed by atoms with Crippen LogP contribution in [0.3, 0.4) is 0 Å². The molecule has 8 heteroatoms. The molecule has 0 N–H and O–H groups in total. The number of para-hydroxylation sites is 1. The van der Waals surface area contributed by atoms with Crippen molar-refractivity contribution in [1.29, 1.82) is 0 Å². The van der Waals surface area contributed by atoms with Crippen LogP contribution in [-0.4, -0.2) is 39.9 Å². The lowest BCUT2D eigenvalue weighted by Gasteiger charge is -2.32. The van der Waals surface area contributed by atoms with Crippen LogP contribution < -0.4 is 4.90 Å². The van der Waals surface area contributed by atoms with Gasteiger partial charge in [-0.05, 0) is 24.3 Å². The molecule has 27 heavy (non-hydrogen) atoms. The molecule has 0 atom stereocenters. The molecule has 0 saturated carbocycles. The van der Waals surface area contributed by atoms with Gasteiger partial charge in [0.25, 0.3) is 0 Å². The van der Waals surface area contributed by atoms with E-state index in [9.17, 15) is 9.59 Å². The number of anilines is 1. The molecule has 1 aliphatic heterocycles. The minimum absolute atomic E-state index is 0.105. The van der Waals surface area contributed by atoms with Crippen molar-refractivity contribution in [3.63, 3.8) is 0 Å². The van der Waals surface area contributed by atoms with Gasteiger partial charge < -0.3 is 14.3 Å². The number of rotatable bonds is 4. The average Bonchev–Trinajstić information content (AvgIpc) is 3.15. The molecule has 2 aromatic carbocycles. The van der Waals surface area contributed by atoms with Crippen molar-refractivity contribution >= 4 is 33.4 Å². The zero-order valence-electron chi connectivity index (χ0n) is 14.2. The fourth-order valence-electron chi connectivity index (χ4n) is 2.91. The van der Waals surface area contributed by atoms with Crippen molar-refractivity contribution in [3.8, 4) is 11.4 Å². The number of carbonyl (C=O) groups is 2.